The zero-order valence-corrected chi connectivity index (χ0v) is 19.7. The van der Waals surface area contributed by atoms with E-state index in [1.165, 1.54) is 17.4 Å². The Balaban J connectivity index is 2.01. The van der Waals surface area contributed by atoms with Crippen LogP contribution in [0.5, 0.6) is 0 Å². The summed E-state index contributed by atoms with van der Waals surface area (Å²) in [6, 6.07) is 8.22. The molecule has 0 aliphatic heterocycles. The molecule has 0 aliphatic rings. The lowest BCUT2D eigenvalue weighted by Gasteiger charge is -2.16. The standard InChI is InChI=1S/C20H28N4O3S3/c1-3-4-6-11-18-22-23-20(29-18)21-19(25)17(12-14-28-2)24-30(26,27)15-13-16-9-7-5-8-10-16/h5,7-10,13,15,17,24H,3-4,6,11-12,14H2,1-2H3,(H,21,23,25). The second kappa shape index (κ2) is 12.8. The van der Waals surface area contributed by atoms with Gasteiger partial charge in [-0.25, -0.2) is 8.42 Å². The number of nitrogens with one attached hydrogen (secondary N) is 2. The number of nitrogens with zero attached hydrogens (tertiary/aromatic N) is 2. The first-order valence-electron chi connectivity index (χ1n) is 9.81. The van der Waals surface area contributed by atoms with Crippen LogP contribution in [0.15, 0.2) is 35.7 Å². The second-order valence-corrected chi connectivity index (χ2v) is 10.3. The van der Waals surface area contributed by atoms with Gasteiger partial charge in [0.05, 0.1) is 0 Å². The van der Waals surface area contributed by atoms with Crippen molar-refractivity contribution in [3.8, 4) is 0 Å². The van der Waals surface area contributed by atoms with E-state index in [0.717, 1.165) is 41.7 Å². The Hall–Kier alpha value is -1.75. The molecule has 0 fully saturated rings. The quantitative estimate of drug-likeness (QED) is 0.432. The third kappa shape index (κ3) is 8.95. The Morgan fingerprint density at radius 1 is 1.23 bits per heavy atom. The number of benzene rings is 1. The van der Waals surface area contributed by atoms with Crippen LogP contribution < -0.4 is 10.0 Å². The van der Waals surface area contributed by atoms with Crippen LogP contribution in [0.2, 0.25) is 0 Å². The number of sulfonamides is 1. The summed E-state index contributed by atoms with van der Waals surface area (Å²) in [5.74, 6) is 0.207. The van der Waals surface area contributed by atoms with Crippen molar-refractivity contribution >= 4 is 50.2 Å². The number of hydrogen-bond acceptors (Lipinski definition) is 7. The van der Waals surface area contributed by atoms with Gasteiger partial charge in [-0.15, -0.1) is 10.2 Å². The molecular weight excluding hydrogens is 440 g/mol. The van der Waals surface area contributed by atoms with Gasteiger partial charge in [-0.2, -0.15) is 16.5 Å². The van der Waals surface area contributed by atoms with Crippen LogP contribution in [0.25, 0.3) is 6.08 Å². The van der Waals surface area contributed by atoms with E-state index in [-0.39, 0.29) is 0 Å². The van der Waals surface area contributed by atoms with Crippen molar-refractivity contribution in [1.29, 1.82) is 0 Å². The van der Waals surface area contributed by atoms with Gasteiger partial charge in [0.2, 0.25) is 21.1 Å². The summed E-state index contributed by atoms with van der Waals surface area (Å²) < 4.78 is 27.4. The molecule has 0 radical (unpaired) electrons. The smallest absolute Gasteiger partial charge is 0.244 e. The van der Waals surface area contributed by atoms with E-state index in [4.69, 9.17) is 0 Å². The van der Waals surface area contributed by atoms with Gasteiger partial charge in [-0.05, 0) is 36.5 Å². The number of hydrogen-bond donors (Lipinski definition) is 2. The zero-order valence-electron chi connectivity index (χ0n) is 17.2. The highest BCUT2D eigenvalue weighted by Gasteiger charge is 2.24. The van der Waals surface area contributed by atoms with E-state index in [1.807, 2.05) is 24.5 Å². The normalized spacial score (nSPS) is 12.9. The monoisotopic (exact) mass is 468 g/mol. The molecule has 1 aromatic carbocycles. The number of carbonyl (C=O) groups excluding carboxylic acids is 1. The number of unbranched alkanes of at least 4 members (excludes halogenated alkanes) is 2. The number of aromatic nitrogens is 2. The van der Waals surface area contributed by atoms with E-state index in [2.05, 4.69) is 27.2 Å². The van der Waals surface area contributed by atoms with Gasteiger partial charge in [-0.1, -0.05) is 61.4 Å². The lowest BCUT2D eigenvalue weighted by Crippen LogP contribution is -2.43. The first kappa shape index (κ1) is 24.5. The fourth-order valence-corrected chi connectivity index (χ4v) is 4.87. The summed E-state index contributed by atoms with van der Waals surface area (Å²) in [4.78, 5) is 12.7. The van der Waals surface area contributed by atoms with Gasteiger partial charge < -0.3 is 0 Å². The summed E-state index contributed by atoms with van der Waals surface area (Å²) in [6.45, 7) is 2.14. The molecule has 0 spiro atoms. The molecule has 1 heterocycles. The van der Waals surface area contributed by atoms with Gasteiger partial charge in [0, 0.05) is 11.8 Å². The summed E-state index contributed by atoms with van der Waals surface area (Å²) in [6.07, 6.45) is 7.88. The Bertz CT molecular complexity index is 914. The Morgan fingerprint density at radius 2 is 2.00 bits per heavy atom. The van der Waals surface area contributed by atoms with Crippen molar-refractivity contribution in [2.45, 2.75) is 45.1 Å². The minimum absolute atomic E-state index is 0.369. The van der Waals surface area contributed by atoms with Gasteiger partial charge in [0.25, 0.3) is 0 Å². The van der Waals surface area contributed by atoms with Gasteiger partial charge in [0.1, 0.15) is 11.0 Å². The molecule has 7 nitrogen and oxygen atoms in total. The topological polar surface area (TPSA) is 101 Å². The Labute approximate surface area is 186 Å². The molecule has 2 aromatic rings. The molecule has 1 amide bonds. The molecule has 30 heavy (non-hydrogen) atoms. The van der Waals surface area contributed by atoms with Gasteiger partial charge >= 0.3 is 0 Å². The van der Waals surface area contributed by atoms with E-state index < -0.39 is 22.0 Å². The molecule has 0 saturated heterocycles. The fraction of sp³-hybridized carbons (Fsp3) is 0.450. The zero-order chi connectivity index (χ0) is 21.8. The summed E-state index contributed by atoms with van der Waals surface area (Å²) in [5, 5.41) is 13.2. The molecule has 0 saturated carbocycles. The summed E-state index contributed by atoms with van der Waals surface area (Å²) in [7, 11) is -3.79. The van der Waals surface area contributed by atoms with E-state index in [1.54, 1.807) is 23.9 Å². The van der Waals surface area contributed by atoms with E-state index >= 15 is 0 Å². The maximum atomic E-state index is 12.7. The number of thioether (sulfide) groups is 1. The third-order valence-electron chi connectivity index (χ3n) is 4.16. The predicted octanol–water partition coefficient (Wildman–Crippen LogP) is 3.92. The molecular formula is C20H28N4O3S3. The lowest BCUT2D eigenvalue weighted by molar-refractivity contribution is -0.117. The molecule has 10 heteroatoms. The molecule has 2 rings (SSSR count). The van der Waals surface area contributed by atoms with Crippen molar-refractivity contribution in [3.05, 3.63) is 46.3 Å². The highest BCUT2D eigenvalue weighted by atomic mass is 32.2. The van der Waals surface area contributed by atoms with Crippen LogP contribution in [0, 0.1) is 0 Å². The van der Waals surface area contributed by atoms with Crippen molar-refractivity contribution < 1.29 is 13.2 Å². The van der Waals surface area contributed by atoms with Crippen LogP contribution in [-0.2, 0) is 21.2 Å². The van der Waals surface area contributed by atoms with Crippen LogP contribution in [0.1, 0.15) is 43.2 Å². The highest BCUT2D eigenvalue weighted by molar-refractivity contribution is 7.98. The van der Waals surface area contributed by atoms with Crippen LogP contribution in [0.3, 0.4) is 0 Å². The fourth-order valence-electron chi connectivity index (χ4n) is 2.57. The number of anilines is 1. The third-order valence-corrected chi connectivity index (χ3v) is 6.81. The Morgan fingerprint density at radius 3 is 2.70 bits per heavy atom. The minimum atomic E-state index is -3.79. The summed E-state index contributed by atoms with van der Waals surface area (Å²) in [5.41, 5.74) is 0.762. The SMILES string of the molecule is CCCCCc1nnc(NC(=O)C(CCSC)NS(=O)(=O)C=Cc2ccccc2)s1. The first-order valence-corrected chi connectivity index (χ1v) is 13.6. The number of amides is 1. The van der Waals surface area contributed by atoms with Crippen molar-refractivity contribution in [1.82, 2.24) is 14.9 Å². The van der Waals surface area contributed by atoms with Gasteiger partial charge in [0.15, 0.2) is 0 Å². The average Bonchev–Trinajstić information content (AvgIpc) is 3.17. The summed E-state index contributed by atoms with van der Waals surface area (Å²) >= 11 is 2.87. The number of carbonyl (C=O) groups is 1. The van der Waals surface area contributed by atoms with Crippen molar-refractivity contribution in [3.63, 3.8) is 0 Å². The largest absolute Gasteiger partial charge is 0.299 e. The first-order chi connectivity index (χ1) is 14.4. The molecule has 164 valence electrons. The molecule has 0 aliphatic carbocycles. The van der Waals surface area contributed by atoms with Gasteiger partial charge in [-0.3, -0.25) is 10.1 Å². The second-order valence-electron chi connectivity index (χ2n) is 6.66. The molecule has 1 aromatic heterocycles. The molecule has 1 unspecified atom stereocenters. The molecule has 0 bridgehead atoms. The predicted molar refractivity (Wildman–Crippen MR) is 126 cm³/mol. The maximum absolute atomic E-state index is 12.7. The number of rotatable bonds is 13. The van der Waals surface area contributed by atoms with E-state index in [0.29, 0.717) is 17.3 Å². The minimum Gasteiger partial charge on any atom is -0.299 e. The number of aryl methyl sites for hydroxylation is 1. The van der Waals surface area contributed by atoms with Crippen LogP contribution in [0.4, 0.5) is 5.13 Å². The van der Waals surface area contributed by atoms with Crippen LogP contribution in [-0.4, -0.2) is 42.6 Å². The molecule has 2 N–H and O–H groups in total. The molecule has 1 atom stereocenters. The highest BCUT2D eigenvalue weighted by Crippen LogP contribution is 2.18. The van der Waals surface area contributed by atoms with E-state index in [9.17, 15) is 13.2 Å². The van der Waals surface area contributed by atoms with Crippen molar-refractivity contribution in [2.75, 3.05) is 17.3 Å². The lowest BCUT2D eigenvalue weighted by atomic mass is 10.2. The van der Waals surface area contributed by atoms with Crippen LogP contribution >= 0.6 is 23.1 Å². The average molecular weight is 469 g/mol. The Kier molecular flexibility index (Phi) is 10.5. The maximum Gasteiger partial charge on any atom is 0.244 e. The van der Waals surface area contributed by atoms with Crippen molar-refractivity contribution in [2.24, 2.45) is 0 Å².